The lowest BCUT2D eigenvalue weighted by atomic mass is 10.2. The largest absolute Gasteiger partial charge is 0.370 e. The van der Waals surface area contributed by atoms with Crippen molar-refractivity contribution in [1.29, 1.82) is 0 Å². The summed E-state index contributed by atoms with van der Waals surface area (Å²) >= 11 is 6.07. The molecule has 1 heterocycles. The summed E-state index contributed by atoms with van der Waals surface area (Å²) in [4.78, 5) is 8.97. The first-order chi connectivity index (χ1) is 10.0. The van der Waals surface area contributed by atoms with E-state index in [0.29, 0.717) is 5.02 Å². The fourth-order valence-electron chi connectivity index (χ4n) is 2.02. The minimum Gasteiger partial charge on any atom is -0.370 e. The molecule has 0 atom stereocenters. The Morgan fingerprint density at radius 1 is 1.10 bits per heavy atom. The van der Waals surface area contributed by atoms with Gasteiger partial charge in [-0.3, -0.25) is 0 Å². The first-order valence-electron chi connectivity index (χ1n) is 7.13. The Bertz CT molecular complexity index is 640. The van der Waals surface area contributed by atoms with Gasteiger partial charge in [-0.05, 0) is 44.9 Å². The molecule has 21 heavy (non-hydrogen) atoms. The predicted molar refractivity (Wildman–Crippen MR) is 89.8 cm³/mol. The van der Waals surface area contributed by atoms with E-state index < -0.39 is 0 Å². The molecule has 1 aromatic carbocycles. The maximum absolute atomic E-state index is 6.07. The van der Waals surface area contributed by atoms with Crippen LogP contribution in [-0.4, -0.2) is 16.5 Å². The minimum atomic E-state index is 0.705. The fourth-order valence-corrected chi connectivity index (χ4v) is 2.19. The van der Waals surface area contributed by atoms with Crippen molar-refractivity contribution in [3.05, 3.63) is 40.2 Å². The van der Waals surface area contributed by atoms with Crippen LogP contribution in [-0.2, 0) is 0 Å². The molecule has 0 amide bonds. The number of halogens is 1. The molecule has 2 aromatic rings. The molecule has 1 aromatic heterocycles. The third-order valence-electron chi connectivity index (χ3n) is 3.25. The zero-order valence-electron chi connectivity index (χ0n) is 12.9. The van der Waals surface area contributed by atoms with Crippen LogP contribution in [0, 0.1) is 20.8 Å². The molecule has 0 radical (unpaired) electrons. The number of aryl methyl sites for hydroxylation is 2. The number of nitrogens with zero attached hydrogens (tertiary/aromatic N) is 2. The third kappa shape index (κ3) is 3.85. The second-order valence-corrected chi connectivity index (χ2v) is 5.54. The molecule has 2 rings (SSSR count). The van der Waals surface area contributed by atoms with E-state index in [2.05, 4.69) is 27.5 Å². The van der Waals surface area contributed by atoms with Crippen LogP contribution in [0.4, 0.5) is 17.3 Å². The molecule has 112 valence electrons. The molecule has 0 aliphatic heterocycles. The van der Waals surface area contributed by atoms with Crippen LogP contribution in [0.2, 0.25) is 5.02 Å². The van der Waals surface area contributed by atoms with Gasteiger partial charge in [0, 0.05) is 22.8 Å². The van der Waals surface area contributed by atoms with Crippen molar-refractivity contribution < 1.29 is 0 Å². The van der Waals surface area contributed by atoms with Crippen LogP contribution in [0.3, 0.4) is 0 Å². The molecular formula is C16H21ClN4. The number of anilines is 3. The second-order valence-electron chi connectivity index (χ2n) is 5.10. The van der Waals surface area contributed by atoms with Crippen LogP contribution >= 0.6 is 11.6 Å². The van der Waals surface area contributed by atoms with Gasteiger partial charge in [-0.15, -0.1) is 0 Å². The topological polar surface area (TPSA) is 49.8 Å². The molecule has 2 N–H and O–H groups in total. The van der Waals surface area contributed by atoms with Gasteiger partial charge in [-0.2, -0.15) is 0 Å². The summed E-state index contributed by atoms with van der Waals surface area (Å²) in [6.07, 6.45) is 1.05. The number of hydrogen-bond donors (Lipinski definition) is 2. The van der Waals surface area contributed by atoms with Gasteiger partial charge >= 0.3 is 0 Å². The maximum Gasteiger partial charge on any atom is 0.139 e. The van der Waals surface area contributed by atoms with Crippen LogP contribution in [0.25, 0.3) is 0 Å². The van der Waals surface area contributed by atoms with Gasteiger partial charge in [0.05, 0.1) is 0 Å². The molecule has 0 saturated carbocycles. The molecule has 0 aliphatic rings. The Kier molecular flexibility index (Phi) is 5.02. The van der Waals surface area contributed by atoms with Gasteiger partial charge in [0.2, 0.25) is 0 Å². The van der Waals surface area contributed by atoms with Crippen molar-refractivity contribution in [2.75, 3.05) is 17.2 Å². The smallest absolute Gasteiger partial charge is 0.139 e. The van der Waals surface area contributed by atoms with E-state index in [-0.39, 0.29) is 0 Å². The van der Waals surface area contributed by atoms with Gasteiger partial charge < -0.3 is 10.6 Å². The third-order valence-corrected chi connectivity index (χ3v) is 3.49. The molecule has 0 saturated heterocycles. The van der Waals surface area contributed by atoms with Gasteiger partial charge in [0.1, 0.15) is 17.5 Å². The van der Waals surface area contributed by atoms with Crippen molar-refractivity contribution in [1.82, 2.24) is 9.97 Å². The zero-order chi connectivity index (χ0) is 15.4. The number of hydrogen-bond acceptors (Lipinski definition) is 4. The monoisotopic (exact) mass is 304 g/mol. The molecule has 0 fully saturated rings. The molecule has 0 unspecified atom stereocenters. The van der Waals surface area contributed by atoms with Gasteiger partial charge in [0.15, 0.2) is 0 Å². The van der Waals surface area contributed by atoms with Crippen LogP contribution in [0.5, 0.6) is 0 Å². The van der Waals surface area contributed by atoms with Crippen LogP contribution in [0.15, 0.2) is 18.2 Å². The summed E-state index contributed by atoms with van der Waals surface area (Å²) in [7, 11) is 0. The summed E-state index contributed by atoms with van der Waals surface area (Å²) in [5.74, 6) is 2.43. The van der Waals surface area contributed by atoms with Crippen molar-refractivity contribution in [3.8, 4) is 0 Å². The first-order valence-corrected chi connectivity index (χ1v) is 7.51. The van der Waals surface area contributed by atoms with E-state index in [0.717, 1.165) is 47.2 Å². The van der Waals surface area contributed by atoms with E-state index in [4.69, 9.17) is 11.6 Å². The van der Waals surface area contributed by atoms with Gasteiger partial charge in [-0.25, -0.2) is 9.97 Å². The molecular weight excluding hydrogens is 284 g/mol. The lowest BCUT2D eigenvalue weighted by Gasteiger charge is -2.15. The normalized spacial score (nSPS) is 10.5. The Hall–Kier alpha value is -1.81. The highest BCUT2D eigenvalue weighted by molar-refractivity contribution is 6.30. The Morgan fingerprint density at radius 3 is 2.52 bits per heavy atom. The Morgan fingerprint density at radius 2 is 1.81 bits per heavy atom. The summed E-state index contributed by atoms with van der Waals surface area (Å²) < 4.78 is 0. The van der Waals surface area contributed by atoms with E-state index in [9.17, 15) is 0 Å². The van der Waals surface area contributed by atoms with Crippen LogP contribution in [0.1, 0.15) is 30.3 Å². The fraction of sp³-hybridized carbons (Fsp3) is 0.375. The van der Waals surface area contributed by atoms with Crippen molar-refractivity contribution >= 4 is 28.9 Å². The number of aromatic nitrogens is 2. The summed E-state index contributed by atoms with van der Waals surface area (Å²) in [6.45, 7) is 8.97. The molecule has 5 heteroatoms. The number of nitrogens with one attached hydrogen (secondary N) is 2. The highest BCUT2D eigenvalue weighted by Gasteiger charge is 2.10. The summed E-state index contributed by atoms with van der Waals surface area (Å²) in [5, 5.41) is 7.41. The molecule has 0 spiro atoms. The molecule has 0 aliphatic carbocycles. The maximum atomic E-state index is 6.07. The minimum absolute atomic E-state index is 0.705. The van der Waals surface area contributed by atoms with Gasteiger partial charge in [-0.1, -0.05) is 24.6 Å². The highest BCUT2D eigenvalue weighted by Crippen LogP contribution is 2.27. The zero-order valence-corrected chi connectivity index (χ0v) is 13.7. The standard InChI is InChI=1S/C16H21ClN4/c1-5-8-18-15-11(3)16(20-12(4)19-15)21-14-9-13(17)7-6-10(14)2/h6-7,9H,5,8H2,1-4H3,(H2,18,19,20,21). The lowest BCUT2D eigenvalue weighted by Crippen LogP contribution is -2.09. The predicted octanol–water partition coefficient (Wildman–Crippen LogP) is 4.62. The SMILES string of the molecule is CCCNc1nc(C)nc(Nc2cc(Cl)ccc2C)c1C. The van der Waals surface area contributed by atoms with Crippen LogP contribution < -0.4 is 10.6 Å². The number of benzene rings is 1. The van der Waals surface area contributed by atoms with Crippen molar-refractivity contribution in [2.24, 2.45) is 0 Å². The first kappa shape index (κ1) is 15.6. The average molecular weight is 305 g/mol. The molecule has 4 nitrogen and oxygen atoms in total. The van der Waals surface area contributed by atoms with Gasteiger partial charge in [0.25, 0.3) is 0 Å². The Labute approximate surface area is 131 Å². The molecule has 0 bridgehead atoms. The number of rotatable bonds is 5. The summed E-state index contributed by atoms with van der Waals surface area (Å²) in [5.41, 5.74) is 3.09. The average Bonchev–Trinajstić information content (AvgIpc) is 2.44. The van der Waals surface area contributed by atoms with E-state index in [1.54, 1.807) is 0 Å². The van der Waals surface area contributed by atoms with E-state index in [1.807, 2.05) is 39.0 Å². The lowest BCUT2D eigenvalue weighted by molar-refractivity contribution is 0.948. The second kappa shape index (κ2) is 6.76. The van der Waals surface area contributed by atoms with E-state index in [1.165, 1.54) is 0 Å². The van der Waals surface area contributed by atoms with Crippen molar-refractivity contribution in [3.63, 3.8) is 0 Å². The van der Waals surface area contributed by atoms with E-state index >= 15 is 0 Å². The summed E-state index contributed by atoms with van der Waals surface area (Å²) in [6, 6.07) is 5.78. The van der Waals surface area contributed by atoms with Crippen molar-refractivity contribution in [2.45, 2.75) is 34.1 Å². The Balaban J connectivity index is 2.35. The highest BCUT2D eigenvalue weighted by atomic mass is 35.5. The quantitative estimate of drug-likeness (QED) is 0.846.